The second-order valence-corrected chi connectivity index (χ2v) is 6.00. The number of rotatable bonds is 3. The fourth-order valence-corrected chi connectivity index (χ4v) is 2.81. The van der Waals surface area contributed by atoms with Gasteiger partial charge in [-0.2, -0.15) is 22.0 Å². The number of hydrogen-bond acceptors (Lipinski definition) is 3. The molecule has 2 rings (SSSR count). The van der Waals surface area contributed by atoms with E-state index in [-0.39, 0.29) is 5.56 Å². The molecule has 0 saturated heterocycles. The van der Waals surface area contributed by atoms with Gasteiger partial charge in [-0.1, -0.05) is 46.7 Å². The van der Waals surface area contributed by atoms with Crippen LogP contribution in [0.4, 0.5) is 22.0 Å². The van der Waals surface area contributed by atoms with Crippen molar-refractivity contribution in [3.05, 3.63) is 50.4 Å². The number of carbonyl (C=O) groups is 1. The first-order chi connectivity index (χ1) is 10.0. The van der Waals surface area contributed by atoms with Crippen molar-refractivity contribution in [2.45, 2.75) is 19.0 Å². The zero-order valence-electron chi connectivity index (χ0n) is 10.8. The second kappa shape index (κ2) is 5.58. The topological polar surface area (TPSA) is 30.0 Å². The highest BCUT2D eigenvalue weighted by molar-refractivity contribution is 7.17. The number of aryl methyl sites for hydroxylation is 1. The van der Waals surface area contributed by atoms with Gasteiger partial charge in [0.05, 0.1) is 0 Å². The van der Waals surface area contributed by atoms with Crippen molar-refractivity contribution in [3.63, 3.8) is 0 Å². The lowest BCUT2D eigenvalue weighted by atomic mass is 10.0. The number of nitrogens with zero attached hydrogens (tertiary/aromatic N) is 1. The van der Waals surface area contributed by atoms with Crippen molar-refractivity contribution in [2.75, 3.05) is 0 Å². The highest BCUT2D eigenvalue weighted by atomic mass is 35.5. The molecule has 0 aliphatic rings. The first-order valence-corrected chi connectivity index (χ1v) is 6.96. The third-order valence-electron chi connectivity index (χ3n) is 2.74. The van der Waals surface area contributed by atoms with Gasteiger partial charge in [0.15, 0.2) is 4.47 Å². The standard InChI is InChI=1S/C13H7ClF5NOS/c1-6-3-2-4-7(5-6)8(21)9-10(20-11(14)22-9)12(15,16)13(17,18)19/h2-5H,1H3. The Balaban J connectivity index is 2.56. The molecule has 0 aliphatic heterocycles. The first-order valence-electron chi connectivity index (χ1n) is 5.76. The van der Waals surface area contributed by atoms with Crippen LogP contribution in [0.5, 0.6) is 0 Å². The zero-order chi connectivity index (χ0) is 16.7. The van der Waals surface area contributed by atoms with Gasteiger partial charge in [-0.15, -0.1) is 0 Å². The number of benzene rings is 1. The molecule has 9 heteroatoms. The van der Waals surface area contributed by atoms with Gasteiger partial charge in [0.2, 0.25) is 5.78 Å². The summed E-state index contributed by atoms with van der Waals surface area (Å²) in [6, 6.07) is 5.85. The highest BCUT2D eigenvalue weighted by Gasteiger charge is 2.61. The van der Waals surface area contributed by atoms with Crippen LogP contribution in [0.3, 0.4) is 0 Å². The molecule has 0 atom stereocenters. The largest absolute Gasteiger partial charge is 0.459 e. The molecule has 0 amide bonds. The lowest BCUT2D eigenvalue weighted by Gasteiger charge is -2.18. The van der Waals surface area contributed by atoms with Crippen LogP contribution in [0.2, 0.25) is 4.47 Å². The average Bonchev–Trinajstić information content (AvgIpc) is 2.79. The summed E-state index contributed by atoms with van der Waals surface area (Å²) in [5, 5.41) is 0. The number of thiazole rings is 1. The van der Waals surface area contributed by atoms with E-state index < -0.39 is 32.9 Å². The molecule has 0 unspecified atom stereocenters. The number of carbonyl (C=O) groups excluding carboxylic acids is 1. The van der Waals surface area contributed by atoms with Gasteiger partial charge in [-0.25, -0.2) is 4.98 Å². The van der Waals surface area contributed by atoms with Crippen LogP contribution < -0.4 is 0 Å². The normalized spacial score (nSPS) is 12.5. The number of halogens is 6. The molecule has 118 valence electrons. The highest BCUT2D eigenvalue weighted by Crippen LogP contribution is 2.46. The van der Waals surface area contributed by atoms with E-state index in [4.69, 9.17) is 11.6 Å². The molecule has 1 aromatic carbocycles. The van der Waals surface area contributed by atoms with E-state index in [0.717, 1.165) is 0 Å². The summed E-state index contributed by atoms with van der Waals surface area (Å²) in [5.41, 5.74) is -1.02. The predicted octanol–water partition coefficient (Wildman–Crippen LogP) is 4.99. The van der Waals surface area contributed by atoms with Crippen LogP contribution >= 0.6 is 22.9 Å². The number of ketones is 1. The van der Waals surface area contributed by atoms with Crippen LogP contribution in [0.15, 0.2) is 24.3 Å². The molecule has 0 radical (unpaired) electrons. The number of aromatic nitrogens is 1. The van der Waals surface area contributed by atoms with E-state index in [2.05, 4.69) is 4.98 Å². The Kier molecular flexibility index (Phi) is 4.27. The van der Waals surface area contributed by atoms with E-state index in [9.17, 15) is 26.7 Å². The van der Waals surface area contributed by atoms with Crippen molar-refractivity contribution in [1.29, 1.82) is 0 Å². The van der Waals surface area contributed by atoms with E-state index >= 15 is 0 Å². The van der Waals surface area contributed by atoms with Gasteiger partial charge in [-0.05, 0) is 13.0 Å². The fraction of sp³-hybridized carbons (Fsp3) is 0.231. The minimum absolute atomic E-state index is 0.0143. The van der Waals surface area contributed by atoms with E-state index in [1.54, 1.807) is 13.0 Å². The molecule has 0 spiro atoms. The molecule has 2 nitrogen and oxygen atoms in total. The summed E-state index contributed by atoms with van der Waals surface area (Å²) in [4.78, 5) is 14.4. The monoisotopic (exact) mass is 355 g/mol. The summed E-state index contributed by atoms with van der Waals surface area (Å²) >= 11 is 5.73. The molecular weight excluding hydrogens is 349 g/mol. The summed E-state index contributed by atoms with van der Waals surface area (Å²) in [6.07, 6.45) is -5.87. The van der Waals surface area contributed by atoms with Gasteiger partial charge >= 0.3 is 12.1 Å². The Morgan fingerprint density at radius 2 is 1.86 bits per heavy atom. The predicted molar refractivity (Wildman–Crippen MR) is 71.7 cm³/mol. The van der Waals surface area contributed by atoms with Crippen LogP contribution in [-0.2, 0) is 5.92 Å². The van der Waals surface area contributed by atoms with Gasteiger partial charge in [0, 0.05) is 5.56 Å². The Bertz CT molecular complexity index is 725. The fourth-order valence-electron chi connectivity index (χ4n) is 1.71. The SMILES string of the molecule is Cc1cccc(C(=O)c2sc(Cl)nc2C(F)(F)C(F)(F)F)c1. The van der Waals surface area contributed by atoms with Crippen molar-refractivity contribution in [1.82, 2.24) is 4.98 Å². The minimum Gasteiger partial charge on any atom is -0.288 e. The smallest absolute Gasteiger partial charge is 0.288 e. The number of hydrogen-bond donors (Lipinski definition) is 0. The number of alkyl halides is 5. The van der Waals surface area contributed by atoms with Crippen LogP contribution in [0.1, 0.15) is 26.5 Å². The summed E-state index contributed by atoms with van der Waals surface area (Å²) in [6.45, 7) is 1.65. The van der Waals surface area contributed by atoms with Gasteiger partial charge in [-0.3, -0.25) is 4.79 Å². The maximum absolute atomic E-state index is 13.5. The van der Waals surface area contributed by atoms with Crippen molar-refractivity contribution >= 4 is 28.7 Å². The average molecular weight is 356 g/mol. The molecule has 0 bridgehead atoms. The van der Waals surface area contributed by atoms with E-state index in [1.807, 2.05) is 0 Å². The summed E-state index contributed by atoms with van der Waals surface area (Å²) in [5.74, 6) is -6.24. The molecule has 1 heterocycles. The summed E-state index contributed by atoms with van der Waals surface area (Å²) < 4.78 is 63.9. The van der Waals surface area contributed by atoms with E-state index in [1.165, 1.54) is 18.2 Å². The van der Waals surface area contributed by atoms with Gasteiger partial charge in [0.25, 0.3) is 0 Å². The van der Waals surface area contributed by atoms with Gasteiger partial charge in [0.1, 0.15) is 10.6 Å². The van der Waals surface area contributed by atoms with Crippen molar-refractivity contribution < 1.29 is 26.7 Å². The minimum atomic E-state index is -5.87. The molecule has 22 heavy (non-hydrogen) atoms. The summed E-state index contributed by atoms with van der Waals surface area (Å²) in [7, 11) is 0. The Labute approximate surface area is 130 Å². The maximum atomic E-state index is 13.5. The van der Waals surface area contributed by atoms with Crippen LogP contribution in [0.25, 0.3) is 0 Å². The zero-order valence-corrected chi connectivity index (χ0v) is 12.4. The first kappa shape index (κ1) is 16.8. The molecule has 0 saturated carbocycles. The maximum Gasteiger partial charge on any atom is 0.459 e. The van der Waals surface area contributed by atoms with Crippen LogP contribution in [0, 0.1) is 6.92 Å². The molecule has 1 aromatic heterocycles. The molecular formula is C13H7ClF5NOS. The lowest BCUT2D eigenvalue weighted by molar-refractivity contribution is -0.290. The van der Waals surface area contributed by atoms with E-state index in [0.29, 0.717) is 16.9 Å². The third kappa shape index (κ3) is 2.98. The molecule has 0 aliphatic carbocycles. The third-order valence-corrected chi connectivity index (χ3v) is 3.90. The Hall–Kier alpha value is -1.54. The van der Waals surface area contributed by atoms with Crippen LogP contribution in [-0.4, -0.2) is 16.9 Å². The molecule has 0 N–H and O–H groups in total. The quantitative estimate of drug-likeness (QED) is 0.573. The Morgan fingerprint density at radius 1 is 1.23 bits per heavy atom. The lowest BCUT2D eigenvalue weighted by Crippen LogP contribution is -2.35. The second-order valence-electron chi connectivity index (χ2n) is 4.42. The molecule has 2 aromatic rings. The van der Waals surface area contributed by atoms with Crippen molar-refractivity contribution in [2.24, 2.45) is 0 Å². The Morgan fingerprint density at radius 3 is 2.41 bits per heavy atom. The van der Waals surface area contributed by atoms with Crippen molar-refractivity contribution in [3.8, 4) is 0 Å². The van der Waals surface area contributed by atoms with Gasteiger partial charge < -0.3 is 0 Å². The molecule has 0 fully saturated rings.